The minimum Gasteiger partial charge on any atom is -0.473 e. The lowest BCUT2D eigenvalue weighted by atomic mass is 10.2. The fourth-order valence-electron chi connectivity index (χ4n) is 2.73. The number of rotatable bonds is 4. The number of aliphatic carboxylic acids is 2. The molecule has 0 bridgehead atoms. The van der Waals surface area contributed by atoms with E-state index in [0.717, 1.165) is 17.7 Å². The first kappa shape index (κ1) is 23.4. The van der Waals surface area contributed by atoms with E-state index in [2.05, 4.69) is 4.90 Å². The standard InChI is InChI=1S/C17H18F2N2O2S.C2H2O4/c18-15-3-1-14(2-4-15)13-20-9-11-21(12-10-20)24(22,23)17-7-5-16(19)6-8-17;3-1(4)2(5)6/h1-8H,9-13H2;(H,3,4)(H,5,6). The molecule has 2 aromatic rings. The van der Waals surface area contributed by atoms with Crippen LogP contribution < -0.4 is 0 Å². The molecule has 0 unspecified atom stereocenters. The molecule has 0 saturated carbocycles. The number of sulfonamides is 1. The van der Waals surface area contributed by atoms with E-state index in [9.17, 15) is 17.2 Å². The molecule has 1 heterocycles. The molecule has 11 heteroatoms. The quantitative estimate of drug-likeness (QED) is 0.692. The molecule has 2 aromatic carbocycles. The minimum absolute atomic E-state index is 0.107. The number of hydrogen-bond donors (Lipinski definition) is 2. The molecule has 1 fully saturated rings. The Balaban J connectivity index is 0.000000469. The lowest BCUT2D eigenvalue weighted by Gasteiger charge is -2.34. The van der Waals surface area contributed by atoms with Crippen LogP contribution in [0.1, 0.15) is 5.56 Å². The highest BCUT2D eigenvalue weighted by atomic mass is 32.2. The molecule has 1 aliphatic heterocycles. The van der Waals surface area contributed by atoms with Crippen LogP contribution in [0.5, 0.6) is 0 Å². The Labute approximate surface area is 172 Å². The van der Waals surface area contributed by atoms with Gasteiger partial charge in [0.15, 0.2) is 0 Å². The van der Waals surface area contributed by atoms with Crippen LogP contribution in [-0.4, -0.2) is 66.0 Å². The van der Waals surface area contributed by atoms with E-state index in [4.69, 9.17) is 19.8 Å². The molecule has 1 aliphatic rings. The summed E-state index contributed by atoms with van der Waals surface area (Å²) in [4.78, 5) is 20.4. The molecule has 30 heavy (non-hydrogen) atoms. The van der Waals surface area contributed by atoms with Crippen molar-refractivity contribution in [2.75, 3.05) is 26.2 Å². The summed E-state index contributed by atoms with van der Waals surface area (Å²) in [6, 6.07) is 11.2. The van der Waals surface area contributed by atoms with Gasteiger partial charge in [0.2, 0.25) is 10.0 Å². The lowest BCUT2D eigenvalue weighted by Crippen LogP contribution is -2.48. The fraction of sp³-hybridized carbons (Fsp3) is 0.263. The molecule has 162 valence electrons. The summed E-state index contributed by atoms with van der Waals surface area (Å²) in [7, 11) is -3.59. The normalized spacial score (nSPS) is 15.1. The van der Waals surface area contributed by atoms with Crippen LogP contribution in [0.25, 0.3) is 0 Å². The Hall–Kier alpha value is -2.89. The van der Waals surface area contributed by atoms with Crippen molar-refractivity contribution in [1.29, 1.82) is 0 Å². The molecule has 0 aliphatic carbocycles. The van der Waals surface area contributed by atoms with Crippen molar-refractivity contribution < 1.29 is 37.0 Å². The Morgan fingerprint density at radius 3 is 1.67 bits per heavy atom. The summed E-state index contributed by atoms with van der Waals surface area (Å²) in [5, 5.41) is 14.8. The van der Waals surface area contributed by atoms with E-state index >= 15 is 0 Å². The van der Waals surface area contributed by atoms with Gasteiger partial charge in [0, 0.05) is 32.7 Å². The van der Waals surface area contributed by atoms with Crippen molar-refractivity contribution in [2.45, 2.75) is 11.4 Å². The topological polar surface area (TPSA) is 115 Å². The monoisotopic (exact) mass is 442 g/mol. The number of nitrogens with zero attached hydrogens (tertiary/aromatic N) is 2. The molecule has 0 atom stereocenters. The molecular weight excluding hydrogens is 422 g/mol. The van der Waals surface area contributed by atoms with Gasteiger partial charge in [-0.15, -0.1) is 0 Å². The van der Waals surface area contributed by atoms with Gasteiger partial charge in [-0.05, 0) is 42.0 Å². The van der Waals surface area contributed by atoms with Gasteiger partial charge in [0.05, 0.1) is 4.90 Å². The van der Waals surface area contributed by atoms with E-state index in [1.54, 1.807) is 12.1 Å². The first-order valence-corrected chi connectivity index (χ1v) is 10.2. The number of carboxylic acid groups (broad SMARTS) is 2. The van der Waals surface area contributed by atoms with Crippen LogP contribution in [0.15, 0.2) is 53.4 Å². The molecule has 8 nitrogen and oxygen atoms in total. The molecule has 0 amide bonds. The third-order valence-corrected chi connectivity index (χ3v) is 6.20. The van der Waals surface area contributed by atoms with Gasteiger partial charge in [0.1, 0.15) is 11.6 Å². The van der Waals surface area contributed by atoms with Gasteiger partial charge in [0.25, 0.3) is 0 Å². The second-order valence-corrected chi connectivity index (χ2v) is 8.31. The van der Waals surface area contributed by atoms with Crippen molar-refractivity contribution in [2.24, 2.45) is 0 Å². The maximum Gasteiger partial charge on any atom is 0.414 e. The number of carbonyl (C=O) groups is 2. The third-order valence-electron chi connectivity index (χ3n) is 4.29. The smallest absolute Gasteiger partial charge is 0.414 e. The van der Waals surface area contributed by atoms with E-state index in [1.165, 1.54) is 28.6 Å². The zero-order chi connectivity index (χ0) is 22.3. The first-order valence-electron chi connectivity index (χ1n) is 8.78. The van der Waals surface area contributed by atoms with Crippen molar-refractivity contribution in [1.82, 2.24) is 9.21 Å². The summed E-state index contributed by atoms with van der Waals surface area (Å²) in [6.07, 6.45) is 0. The van der Waals surface area contributed by atoms with E-state index < -0.39 is 27.8 Å². The van der Waals surface area contributed by atoms with Crippen molar-refractivity contribution in [3.63, 3.8) is 0 Å². The number of benzene rings is 2. The van der Waals surface area contributed by atoms with Crippen LogP contribution in [0, 0.1) is 11.6 Å². The number of piperazine rings is 1. The Bertz CT molecular complexity index is 961. The molecule has 1 saturated heterocycles. The Morgan fingerprint density at radius 2 is 1.23 bits per heavy atom. The van der Waals surface area contributed by atoms with Crippen LogP contribution in [0.3, 0.4) is 0 Å². The predicted octanol–water partition coefficient (Wildman–Crippen LogP) is 1.63. The number of halogens is 2. The van der Waals surface area contributed by atoms with Crippen LogP contribution in [0.4, 0.5) is 8.78 Å². The number of carboxylic acids is 2. The van der Waals surface area contributed by atoms with Gasteiger partial charge < -0.3 is 10.2 Å². The lowest BCUT2D eigenvalue weighted by molar-refractivity contribution is -0.159. The summed E-state index contributed by atoms with van der Waals surface area (Å²) in [5.74, 6) is -4.38. The molecule has 3 rings (SSSR count). The predicted molar refractivity (Wildman–Crippen MR) is 102 cm³/mol. The second kappa shape index (κ2) is 10.2. The summed E-state index contributed by atoms with van der Waals surface area (Å²) in [6.45, 7) is 2.60. The van der Waals surface area contributed by atoms with Crippen molar-refractivity contribution in [3.8, 4) is 0 Å². The zero-order valence-corrected chi connectivity index (χ0v) is 16.6. The average Bonchev–Trinajstić information content (AvgIpc) is 2.71. The number of hydrogen-bond acceptors (Lipinski definition) is 5. The van der Waals surface area contributed by atoms with Crippen LogP contribution in [-0.2, 0) is 26.2 Å². The van der Waals surface area contributed by atoms with Gasteiger partial charge in [-0.25, -0.2) is 26.8 Å². The molecule has 0 spiro atoms. The summed E-state index contributed by atoms with van der Waals surface area (Å²) < 4.78 is 52.4. The maximum atomic E-state index is 13.0. The zero-order valence-electron chi connectivity index (χ0n) is 15.7. The van der Waals surface area contributed by atoms with E-state index in [1.807, 2.05) is 0 Å². The third kappa shape index (κ3) is 6.58. The SMILES string of the molecule is O=C(O)C(=O)O.O=S(=O)(c1ccc(F)cc1)N1CCN(Cc2ccc(F)cc2)CC1. The van der Waals surface area contributed by atoms with Gasteiger partial charge in [-0.2, -0.15) is 4.31 Å². The van der Waals surface area contributed by atoms with Crippen molar-refractivity contribution in [3.05, 3.63) is 65.7 Å². The Morgan fingerprint density at radius 1 is 0.800 bits per heavy atom. The molecule has 0 aromatic heterocycles. The highest BCUT2D eigenvalue weighted by Gasteiger charge is 2.28. The molecule has 2 N–H and O–H groups in total. The second-order valence-electron chi connectivity index (χ2n) is 6.37. The van der Waals surface area contributed by atoms with Gasteiger partial charge >= 0.3 is 11.9 Å². The minimum atomic E-state index is -3.59. The summed E-state index contributed by atoms with van der Waals surface area (Å²) >= 11 is 0. The summed E-state index contributed by atoms with van der Waals surface area (Å²) in [5.41, 5.74) is 0.992. The maximum absolute atomic E-state index is 13.0. The molecular formula is C19H20F2N2O6S. The molecule has 0 radical (unpaired) electrons. The van der Waals surface area contributed by atoms with E-state index in [-0.39, 0.29) is 10.7 Å². The van der Waals surface area contributed by atoms with Gasteiger partial charge in [-0.1, -0.05) is 12.1 Å². The highest BCUT2D eigenvalue weighted by molar-refractivity contribution is 7.89. The average molecular weight is 442 g/mol. The van der Waals surface area contributed by atoms with Gasteiger partial charge in [-0.3, -0.25) is 4.90 Å². The van der Waals surface area contributed by atoms with Crippen LogP contribution in [0.2, 0.25) is 0 Å². The highest BCUT2D eigenvalue weighted by Crippen LogP contribution is 2.19. The Kier molecular flexibility index (Phi) is 7.98. The van der Waals surface area contributed by atoms with Crippen molar-refractivity contribution >= 4 is 22.0 Å². The largest absolute Gasteiger partial charge is 0.473 e. The van der Waals surface area contributed by atoms with Crippen LogP contribution >= 0.6 is 0 Å². The first-order chi connectivity index (χ1) is 14.1. The fourth-order valence-corrected chi connectivity index (χ4v) is 4.15. The van der Waals surface area contributed by atoms with E-state index in [0.29, 0.717) is 32.7 Å².